The summed E-state index contributed by atoms with van der Waals surface area (Å²) in [6, 6.07) is 16.3. The smallest absolute Gasteiger partial charge is 0.407 e. The van der Waals surface area contributed by atoms with Gasteiger partial charge in [-0.3, -0.25) is 9.59 Å². The van der Waals surface area contributed by atoms with Crippen LogP contribution in [0.15, 0.2) is 61.2 Å². The van der Waals surface area contributed by atoms with Gasteiger partial charge in [0.05, 0.1) is 11.5 Å². The van der Waals surface area contributed by atoms with Crippen molar-refractivity contribution < 1.29 is 24.2 Å². The van der Waals surface area contributed by atoms with Crippen LogP contribution in [0.2, 0.25) is 0 Å². The second-order valence-corrected chi connectivity index (χ2v) is 9.57. The van der Waals surface area contributed by atoms with E-state index in [1.54, 1.807) is 0 Å². The monoisotopic (exact) mass is 476 g/mol. The molecular weight excluding hydrogens is 444 g/mol. The zero-order chi connectivity index (χ0) is 25.0. The van der Waals surface area contributed by atoms with E-state index in [2.05, 4.69) is 36.2 Å². The molecule has 2 amide bonds. The van der Waals surface area contributed by atoms with Crippen molar-refractivity contribution in [3.05, 3.63) is 72.3 Å². The van der Waals surface area contributed by atoms with Gasteiger partial charge in [-0.2, -0.15) is 0 Å². The van der Waals surface area contributed by atoms with Gasteiger partial charge < -0.3 is 20.1 Å². The summed E-state index contributed by atoms with van der Waals surface area (Å²) in [4.78, 5) is 38.8. The third kappa shape index (κ3) is 5.09. The Balaban J connectivity index is 1.46. The quantitative estimate of drug-likeness (QED) is 0.544. The maximum Gasteiger partial charge on any atom is 0.407 e. The highest BCUT2D eigenvalue weighted by atomic mass is 16.5. The Kier molecular flexibility index (Phi) is 7.24. The normalized spacial score (nSPS) is 20.9. The summed E-state index contributed by atoms with van der Waals surface area (Å²) in [7, 11) is 0. The molecule has 2 N–H and O–H groups in total. The molecule has 2 atom stereocenters. The molecule has 0 saturated heterocycles. The topological polar surface area (TPSA) is 95.9 Å². The molecule has 184 valence electrons. The number of hydrogen-bond donors (Lipinski definition) is 2. The van der Waals surface area contributed by atoms with Crippen molar-refractivity contribution in [1.82, 2.24) is 10.2 Å². The minimum Gasteiger partial charge on any atom is -0.480 e. The molecule has 0 bridgehead atoms. The number of carboxylic acid groups (broad SMARTS) is 1. The molecule has 2 aromatic carbocycles. The lowest BCUT2D eigenvalue weighted by molar-refractivity contribution is -0.148. The number of carboxylic acids is 1. The molecule has 2 aliphatic carbocycles. The Morgan fingerprint density at radius 2 is 1.74 bits per heavy atom. The molecule has 7 nitrogen and oxygen atoms in total. The second kappa shape index (κ2) is 10.3. The first-order chi connectivity index (χ1) is 16.8. The van der Waals surface area contributed by atoms with Crippen LogP contribution in [0, 0.1) is 5.92 Å². The predicted octanol–water partition coefficient (Wildman–Crippen LogP) is 4.57. The molecule has 7 heteroatoms. The Hall–Kier alpha value is -3.61. The Morgan fingerprint density at radius 1 is 1.11 bits per heavy atom. The van der Waals surface area contributed by atoms with Crippen LogP contribution in [-0.4, -0.2) is 53.2 Å². The average Bonchev–Trinajstić information content (AvgIpc) is 3.15. The van der Waals surface area contributed by atoms with Crippen LogP contribution >= 0.6 is 0 Å². The summed E-state index contributed by atoms with van der Waals surface area (Å²) < 4.78 is 5.72. The van der Waals surface area contributed by atoms with E-state index in [1.807, 2.05) is 31.2 Å². The van der Waals surface area contributed by atoms with Crippen molar-refractivity contribution in [2.24, 2.45) is 5.92 Å². The van der Waals surface area contributed by atoms with Crippen LogP contribution in [0.4, 0.5) is 4.79 Å². The van der Waals surface area contributed by atoms with Crippen LogP contribution in [-0.2, 0) is 14.3 Å². The number of fused-ring (bicyclic) bond motifs is 3. The lowest BCUT2D eigenvalue weighted by Crippen LogP contribution is -2.58. The van der Waals surface area contributed by atoms with Crippen LogP contribution in [0.3, 0.4) is 0 Å². The number of benzene rings is 2. The van der Waals surface area contributed by atoms with Gasteiger partial charge in [0.25, 0.3) is 0 Å². The maximum atomic E-state index is 13.3. The first kappa shape index (κ1) is 24.5. The van der Waals surface area contributed by atoms with Crippen molar-refractivity contribution in [2.45, 2.75) is 44.1 Å². The summed E-state index contributed by atoms with van der Waals surface area (Å²) in [6.07, 6.45) is 3.84. The Morgan fingerprint density at radius 3 is 2.34 bits per heavy atom. The van der Waals surface area contributed by atoms with Crippen LogP contribution < -0.4 is 5.32 Å². The summed E-state index contributed by atoms with van der Waals surface area (Å²) >= 11 is 0. The van der Waals surface area contributed by atoms with E-state index in [4.69, 9.17) is 4.74 Å². The third-order valence-corrected chi connectivity index (χ3v) is 7.22. The van der Waals surface area contributed by atoms with E-state index < -0.39 is 30.1 Å². The number of carbonyl (C=O) groups excluding carboxylic acids is 2. The molecule has 0 heterocycles. The van der Waals surface area contributed by atoms with E-state index in [1.165, 1.54) is 11.0 Å². The second-order valence-electron chi connectivity index (χ2n) is 9.57. The summed E-state index contributed by atoms with van der Waals surface area (Å²) in [5.74, 6) is -1.95. The summed E-state index contributed by atoms with van der Waals surface area (Å²) in [6.45, 7) is 5.42. The fourth-order valence-electron chi connectivity index (χ4n) is 5.52. The van der Waals surface area contributed by atoms with Crippen molar-refractivity contribution in [1.29, 1.82) is 0 Å². The first-order valence-electron chi connectivity index (χ1n) is 12.1. The first-order valence-corrected chi connectivity index (χ1v) is 12.1. The number of ether oxygens (including phenoxy) is 1. The lowest BCUT2D eigenvalue weighted by Gasteiger charge is -2.42. The van der Waals surface area contributed by atoms with E-state index in [0.29, 0.717) is 12.8 Å². The molecule has 4 rings (SSSR count). The minimum atomic E-state index is -1.08. The maximum absolute atomic E-state index is 13.3. The number of carbonyl (C=O) groups is 3. The molecular formula is C28H32N2O5. The standard InChI is InChI=1S/C28H32N2O5/c1-3-16-30(17-25(31)32)26(33)24-14-8-9-15-28(24,2)29-27(34)35-18-23-21-12-6-4-10-19(21)20-11-5-7-13-22(20)23/h3-7,10-13,23-24H,1,8-9,14-18H2,2H3,(H,29,34)(H,31,32). The van der Waals surface area contributed by atoms with Gasteiger partial charge in [-0.05, 0) is 42.0 Å². The Labute approximate surface area is 205 Å². The minimum absolute atomic E-state index is 0.0524. The number of nitrogens with one attached hydrogen (secondary N) is 1. The Bertz CT molecular complexity index is 1080. The zero-order valence-electron chi connectivity index (χ0n) is 20.0. The van der Waals surface area contributed by atoms with Gasteiger partial charge in [0.2, 0.25) is 5.91 Å². The van der Waals surface area contributed by atoms with Gasteiger partial charge in [-0.25, -0.2) is 4.79 Å². The third-order valence-electron chi connectivity index (χ3n) is 7.22. The lowest BCUT2D eigenvalue weighted by atomic mass is 9.73. The number of rotatable bonds is 8. The number of hydrogen-bond acceptors (Lipinski definition) is 4. The van der Waals surface area contributed by atoms with Crippen molar-refractivity contribution >= 4 is 18.0 Å². The molecule has 2 unspecified atom stereocenters. The number of amides is 2. The molecule has 1 saturated carbocycles. The van der Waals surface area contributed by atoms with Gasteiger partial charge in [0.1, 0.15) is 13.2 Å². The molecule has 0 spiro atoms. The molecule has 2 aromatic rings. The van der Waals surface area contributed by atoms with Gasteiger partial charge in [-0.15, -0.1) is 6.58 Å². The highest BCUT2D eigenvalue weighted by molar-refractivity contribution is 5.85. The number of alkyl carbamates (subject to hydrolysis) is 1. The molecule has 0 radical (unpaired) electrons. The van der Waals surface area contributed by atoms with E-state index in [9.17, 15) is 19.5 Å². The van der Waals surface area contributed by atoms with E-state index >= 15 is 0 Å². The van der Waals surface area contributed by atoms with Crippen LogP contribution in [0.1, 0.15) is 49.7 Å². The number of aliphatic carboxylic acids is 1. The fourth-order valence-corrected chi connectivity index (χ4v) is 5.52. The largest absolute Gasteiger partial charge is 0.480 e. The van der Waals surface area contributed by atoms with Gasteiger partial charge >= 0.3 is 12.1 Å². The molecule has 0 aromatic heterocycles. The van der Waals surface area contributed by atoms with Crippen molar-refractivity contribution in [3.8, 4) is 11.1 Å². The van der Waals surface area contributed by atoms with Crippen LogP contribution in [0.25, 0.3) is 11.1 Å². The molecule has 2 aliphatic rings. The average molecular weight is 477 g/mol. The number of nitrogens with zero attached hydrogens (tertiary/aromatic N) is 1. The molecule has 1 fully saturated rings. The van der Waals surface area contributed by atoms with Gasteiger partial charge in [0.15, 0.2) is 0 Å². The molecule has 0 aliphatic heterocycles. The highest BCUT2D eigenvalue weighted by Gasteiger charge is 2.44. The predicted molar refractivity (Wildman–Crippen MR) is 133 cm³/mol. The van der Waals surface area contributed by atoms with E-state index in [-0.39, 0.29) is 25.0 Å². The fraction of sp³-hybridized carbons (Fsp3) is 0.393. The van der Waals surface area contributed by atoms with Crippen LogP contribution in [0.5, 0.6) is 0 Å². The van der Waals surface area contributed by atoms with Crippen molar-refractivity contribution in [3.63, 3.8) is 0 Å². The van der Waals surface area contributed by atoms with E-state index in [0.717, 1.165) is 35.1 Å². The van der Waals surface area contributed by atoms with Gasteiger partial charge in [0, 0.05) is 12.5 Å². The molecule has 35 heavy (non-hydrogen) atoms. The SMILES string of the molecule is C=CCN(CC(=O)O)C(=O)C1CCCCC1(C)NC(=O)OCC1c2ccccc2-c2ccccc21. The summed E-state index contributed by atoms with van der Waals surface area (Å²) in [5, 5.41) is 12.2. The highest BCUT2D eigenvalue weighted by Crippen LogP contribution is 2.44. The van der Waals surface area contributed by atoms with Crippen molar-refractivity contribution in [2.75, 3.05) is 19.7 Å². The van der Waals surface area contributed by atoms with Gasteiger partial charge in [-0.1, -0.05) is 67.4 Å². The summed E-state index contributed by atoms with van der Waals surface area (Å²) in [5.41, 5.74) is 3.75. The zero-order valence-corrected chi connectivity index (χ0v) is 20.0.